The van der Waals surface area contributed by atoms with Crippen LogP contribution in [0, 0.1) is 12.8 Å². The molecule has 0 unspecified atom stereocenters. The van der Waals surface area contributed by atoms with E-state index in [0.29, 0.717) is 24.8 Å². The van der Waals surface area contributed by atoms with Gasteiger partial charge in [0.2, 0.25) is 11.8 Å². The van der Waals surface area contributed by atoms with Crippen molar-refractivity contribution in [2.24, 2.45) is 5.92 Å². The van der Waals surface area contributed by atoms with Crippen LogP contribution in [0.2, 0.25) is 0 Å². The lowest BCUT2D eigenvalue weighted by Crippen LogP contribution is -2.34. The number of nitrogens with zero attached hydrogens (tertiary/aromatic N) is 2. The Bertz CT molecular complexity index is 359. The molecule has 6 heteroatoms. The molecule has 88 valence electrons. The van der Waals surface area contributed by atoms with Crippen LogP contribution in [0.1, 0.15) is 24.6 Å². The van der Waals surface area contributed by atoms with Crippen LogP contribution in [0.25, 0.3) is 0 Å². The van der Waals surface area contributed by atoms with Crippen LogP contribution in [-0.4, -0.2) is 29.1 Å². The van der Waals surface area contributed by atoms with Crippen molar-refractivity contribution in [2.75, 3.05) is 13.1 Å². The summed E-state index contributed by atoms with van der Waals surface area (Å²) in [4.78, 5) is 15.3. The molecule has 1 aromatic heterocycles. The van der Waals surface area contributed by atoms with Crippen LogP contribution in [0.15, 0.2) is 4.52 Å². The third-order valence-corrected chi connectivity index (χ3v) is 2.42. The smallest absolute Gasteiger partial charge is 0.246 e. The van der Waals surface area contributed by atoms with Gasteiger partial charge in [0.25, 0.3) is 0 Å². The third-order valence-electron chi connectivity index (χ3n) is 2.42. The molecule has 2 N–H and O–H groups in total. The Hall–Kier alpha value is -1.43. The fourth-order valence-electron chi connectivity index (χ4n) is 1.36. The summed E-state index contributed by atoms with van der Waals surface area (Å²) in [5, 5.41) is 9.45. The lowest BCUT2D eigenvalue weighted by atomic mass is 10.4. The van der Waals surface area contributed by atoms with E-state index in [2.05, 4.69) is 20.8 Å². The first kappa shape index (κ1) is 11.1. The molecule has 16 heavy (non-hydrogen) atoms. The van der Waals surface area contributed by atoms with E-state index in [0.717, 1.165) is 12.5 Å². The van der Waals surface area contributed by atoms with E-state index in [1.807, 2.05) is 0 Å². The molecular formula is C10H16N4O2. The molecule has 1 aliphatic rings. The molecule has 1 aromatic rings. The molecule has 1 aliphatic carbocycles. The molecule has 0 bridgehead atoms. The van der Waals surface area contributed by atoms with Gasteiger partial charge in [-0.25, -0.2) is 0 Å². The Morgan fingerprint density at radius 2 is 2.38 bits per heavy atom. The molecule has 6 nitrogen and oxygen atoms in total. The van der Waals surface area contributed by atoms with E-state index in [1.54, 1.807) is 6.92 Å². The van der Waals surface area contributed by atoms with Crippen molar-refractivity contribution in [1.82, 2.24) is 20.8 Å². The molecule has 2 rings (SSSR count). The first-order chi connectivity index (χ1) is 7.74. The van der Waals surface area contributed by atoms with Crippen molar-refractivity contribution in [3.05, 3.63) is 11.7 Å². The van der Waals surface area contributed by atoms with E-state index < -0.39 is 0 Å². The van der Waals surface area contributed by atoms with Crippen LogP contribution in [0.5, 0.6) is 0 Å². The summed E-state index contributed by atoms with van der Waals surface area (Å²) in [6.45, 7) is 3.33. The number of carbonyl (C=O) groups is 1. The lowest BCUT2D eigenvalue weighted by Gasteiger charge is -2.03. The molecule has 0 spiro atoms. The molecule has 0 saturated heterocycles. The number of hydrogen-bond acceptors (Lipinski definition) is 5. The Balaban J connectivity index is 1.59. The second-order valence-electron chi connectivity index (χ2n) is 4.09. The van der Waals surface area contributed by atoms with Crippen LogP contribution < -0.4 is 10.6 Å². The first-order valence-electron chi connectivity index (χ1n) is 5.50. The van der Waals surface area contributed by atoms with Gasteiger partial charge in [0.15, 0.2) is 5.82 Å². The number of nitrogens with one attached hydrogen (secondary N) is 2. The zero-order valence-corrected chi connectivity index (χ0v) is 9.32. The molecule has 1 fully saturated rings. The standard InChI is InChI=1S/C10H16N4O2/c1-7-13-10(16-14-7)6-12-9(15)5-11-4-8-2-3-8/h8,11H,2-6H2,1H3,(H,12,15). The quantitative estimate of drug-likeness (QED) is 0.710. The molecule has 1 amide bonds. The largest absolute Gasteiger partial charge is 0.346 e. The highest BCUT2D eigenvalue weighted by molar-refractivity contribution is 5.77. The first-order valence-corrected chi connectivity index (χ1v) is 5.50. The number of amides is 1. The summed E-state index contributed by atoms with van der Waals surface area (Å²) in [7, 11) is 0. The van der Waals surface area contributed by atoms with Gasteiger partial charge in [-0.15, -0.1) is 0 Å². The number of rotatable bonds is 6. The highest BCUT2D eigenvalue weighted by Gasteiger charge is 2.20. The molecule has 0 atom stereocenters. The molecule has 1 saturated carbocycles. The molecular weight excluding hydrogens is 208 g/mol. The Kier molecular flexibility index (Phi) is 3.51. The zero-order valence-electron chi connectivity index (χ0n) is 9.32. The van der Waals surface area contributed by atoms with Gasteiger partial charge in [0.05, 0.1) is 13.1 Å². The van der Waals surface area contributed by atoms with Gasteiger partial charge in [-0.05, 0) is 32.2 Å². The fraction of sp³-hybridized carbons (Fsp3) is 0.700. The predicted molar refractivity (Wildman–Crippen MR) is 56.5 cm³/mol. The average Bonchev–Trinajstić information content (AvgIpc) is 2.98. The monoisotopic (exact) mass is 224 g/mol. The Morgan fingerprint density at radius 3 is 3.00 bits per heavy atom. The molecule has 0 radical (unpaired) electrons. The van der Waals surface area contributed by atoms with Gasteiger partial charge < -0.3 is 15.2 Å². The lowest BCUT2D eigenvalue weighted by molar-refractivity contribution is -0.120. The average molecular weight is 224 g/mol. The van der Waals surface area contributed by atoms with E-state index in [4.69, 9.17) is 4.52 Å². The SMILES string of the molecule is Cc1noc(CNC(=O)CNCC2CC2)n1. The van der Waals surface area contributed by atoms with Crippen molar-refractivity contribution in [3.63, 3.8) is 0 Å². The van der Waals surface area contributed by atoms with Crippen LogP contribution >= 0.6 is 0 Å². The topological polar surface area (TPSA) is 80.0 Å². The molecule has 1 heterocycles. The summed E-state index contributed by atoms with van der Waals surface area (Å²) < 4.78 is 4.87. The summed E-state index contributed by atoms with van der Waals surface area (Å²) in [5.41, 5.74) is 0. The highest BCUT2D eigenvalue weighted by atomic mass is 16.5. The third kappa shape index (κ3) is 3.62. The number of carbonyl (C=O) groups excluding carboxylic acids is 1. The summed E-state index contributed by atoms with van der Waals surface area (Å²) in [5.74, 6) is 1.76. The maximum Gasteiger partial charge on any atom is 0.246 e. The maximum absolute atomic E-state index is 11.4. The van der Waals surface area contributed by atoms with E-state index in [9.17, 15) is 4.79 Å². The minimum absolute atomic E-state index is 0.0449. The van der Waals surface area contributed by atoms with E-state index in [1.165, 1.54) is 12.8 Å². The number of aromatic nitrogens is 2. The normalized spacial score (nSPS) is 15.1. The van der Waals surface area contributed by atoms with Gasteiger partial charge in [-0.1, -0.05) is 5.16 Å². The van der Waals surface area contributed by atoms with Crippen molar-refractivity contribution < 1.29 is 9.32 Å². The number of aryl methyl sites for hydroxylation is 1. The fourth-order valence-corrected chi connectivity index (χ4v) is 1.36. The summed E-state index contributed by atoms with van der Waals surface area (Å²) >= 11 is 0. The van der Waals surface area contributed by atoms with Crippen LogP contribution in [0.3, 0.4) is 0 Å². The van der Waals surface area contributed by atoms with Crippen molar-refractivity contribution in [3.8, 4) is 0 Å². The van der Waals surface area contributed by atoms with Gasteiger partial charge in [-0.2, -0.15) is 4.98 Å². The van der Waals surface area contributed by atoms with Gasteiger partial charge in [-0.3, -0.25) is 4.79 Å². The van der Waals surface area contributed by atoms with Gasteiger partial charge in [0.1, 0.15) is 0 Å². The minimum Gasteiger partial charge on any atom is -0.346 e. The van der Waals surface area contributed by atoms with Crippen LogP contribution in [0.4, 0.5) is 0 Å². The summed E-state index contributed by atoms with van der Waals surface area (Å²) in [6, 6.07) is 0. The molecule has 0 aliphatic heterocycles. The Labute approximate surface area is 93.8 Å². The predicted octanol–water partition coefficient (Wildman–Crippen LogP) is -0.00618. The van der Waals surface area contributed by atoms with E-state index in [-0.39, 0.29) is 5.91 Å². The van der Waals surface area contributed by atoms with E-state index >= 15 is 0 Å². The summed E-state index contributed by atoms with van der Waals surface area (Å²) in [6.07, 6.45) is 2.58. The van der Waals surface area contributed by atoms with Crippen molar-refractivity contribution in [2.45, 2.75) is 26.3 Å². The van der Waals surface area contributed by atoms with Crippen LogP contribution in [-0.2, 0) is 11.3 Å². The molecule has 0 aromatic carbocycles. The maximum atomic E-state index is 11.4. The minimum atomic E-state index is -0.0449. The van der Waals surface area contributed by atoms with Gasteiger partial charge >= 0.3 is 0 Å². The second kappa shape index (κ2) is 5.07. The highest BCUT2D eigenvalue weighted by Crippen LogP contribution is 2.27. The van der Waals surface area contributed by atoms with Crippen molar-refractivity contribution in [1.29, 1.82) is 0 Å². The second-order valence-corrected chi connectivity index (χ2v) is 4.09. The Morgan fingerprint density at radius 1 is 1.56 bits per heavy atom. The van der Waals surface area contributed by atoms with Crippen molar-refractivity contribution >= 4 is 5.91 Å². The van der Waals surface area contributed by atoms with Gasteiger partial charge in [0, 0.05) is 0 Å². The number of hydrogen-bond donors (Lipinski definition) is 2. The zero-order chi connectivity index (χ0) is 11.4.